The molecule has 8 heteroatoms. The average molecular weight is 332 g/mol. The fourth-order valence-electron chi connectivity index (χ4n) is 1.80. The molecule has 0 saturated carbocycles. The molecule has 0 aromatic heterocycles. The lowest BCUT2D eigenvalue weighted by atomic mass is 10.1. The van der Waals surface area contributed by atoms with Gasteiger partial charge in [-0.2, -0.15) is 8.78 Å². The van der Waals surface area contributed by atoms with Crippen LogP contribution in [0.4, 0.5) is 19.3 Å². The van der Waals surface area contributed by atoms with Crippen molar-refractivity contribution in [3.8, 4) is 11.5 Å². The second-order valence-electron chi connectivity index (χ2n) is 5.79. The molecular weight excluding hydrogens is 310 g/mol. The number of ether oxygens (including phenoxy) is 3. The molecule has 1 amide bonds. The Labute approximate surface area is 133 Å². The smallest absolute Gasteiger partial charge is 0.412 e. The van der Waals surface area contributed by atoms with E-state index < -0.39 is 29.7 Å². The normalized spacial score (nSPS) is 11.8. The maximum absolute atomic E-state index is 13.9. The fourth-order valence-corrected chi connectivity index (χ4v) is 1.80. The molecule has 0 bridgehead atoms. The molecule has 130 valence electrons. The van der Waals surface area contributed by atoms with Crippen LogP contribution in [0.15, 0.2) is 12.1 Å². The minimum Gasteiger partial charge on any atom is -0.493 e. The number of carbonyl (C=O) groups is 1. The molecule has 0 spiro atoms. The van der Waals surface area contributed by atoms with Gasteiger partial charge in [0.05, 0.1) is 26.5 Å². The van der Waals surface area contributed by atoms with Crippen LogP contribution in [0.1, 0.15) is 26.3 Å². The van der Waals surface area contributed by atoms with Crippen LogP contribution in [0.2, 0.25) is 0 Å². The van der Waals surface area contributed by atoms with Gasteiger partial charge in [0.25, 0.3) is 5.92 Å². The summed E-state index contributed by atoms with van der Waals surface area (Å²) in [7, 11) is 2.64. The first-order valence-electron chi connectivity index (χ1n) is 6.88. The number of halogens is 2. The monoisotopic (exact) mass is 332 g/mol. The number of methoxy groups -OCH3 is 2. The first-order valence-corrected chi connectivity index (χ1v) is 6.88. The molecule has 0 aliphatic rings. The molecule has 1 aromatic carbocycles. The summed E-state index contributed by atoms with van der Waals surface area (Å²) in [5.74, 6) is -3.12. The van der Waals surface area contributed by atoms with Crippen molar-refractivity contribution in [2.24, 2.45) is 5.73 Å². The van der Waals surface area contributed by atoms with Crippen LogP contribution < -0.4 is 20.5 Å². The van der Waals surface area contributed by atoms with Crippen LogP contribution >= 0.6 is 0 Å². The Morgan fingerprint density at radius 3 is 2.26 bits per heavy atom. The van der Waals surface area contributed by atoms with Gasteiger partial charge in [-0.15, -0.1) is 0 Å². The van der Waals surface area contributed by atoms with Gasteiger partial charge in [0.2, 0.25) is 0 Å². The van der Waals surface area contributed by atoms with E-state index in [4.69, 9.17) is 19.9 Å². The van der Waals surface area contributed by atoms with Crippen LogP contribution in [0.5, 0.6) is 11.5 Å². The number of alkyl halides is 2. The molecule has 6 nitrogen and oxygen atoms in total. The van der Waals surface area contributed by atoms with Crippen molar-refractivity contribution >= 4 is 11.8 Å². The van der Waals surface area contributed by atoms with E-state index in [1.54, 1.807) is 20.8 Å². The molecule has 0 saturated heterocycles. The molecule has 0 heterocycles. The van der Waals surface area contributed by atoms with E-state index in [2.05, 4.69) is 5.32 Å². The first kappa shape index (κ1) is 19.0. The number of benzene rings is 1. The summed E-state index contributed by atoms with van der Waals surface area (Å²) in [6, 6.07) is 2.20. The number of nitrogens with one attached hydrogen (secondary N) is 1. The number of anilines is 1. The van der Waals surface area contributed by atoms with Crippen molar-refractivity contribution in [3.05, 3.63) is 17.7 Å². The molecule has 23 heavy (non-hydrogen) atoms. The average Bonchev–Trinajstić information content (AvgIpc) is 2.44. The lowest BCUT2D eigenvalue weighted by Gasteiger charge is -2.22. The van der Waals surface area contributed by atoms with Gasteiger partial charge in [0, 0.05) is 5.56 Å². The minimum absolute atomic E-state index is 0.00391. The van der Waals surface area contributed by atoms with E-state index in [0.717, 1.165) is 12.1 Å². The summed E-state index contributed by atoms with van der Waals surface area (Å²) in [6.07, 6.45) is -0.800. The number of hydrogen-bond donors (Lipinski definition) is 2. The number of hydrogen-bond acceptors (Lipinski definition) is 5. The highest BCUT2D eigenvalue weighted by molar-refractivity contribution is 5.88. The number of rotatable bonds is 5. The standard InChI is InChI=1S/C15H22F2N2O4/c1-14(2,3)23-13(20)19-10-6-9(15(16,17)8-18)7-11(21-4)12(10)22-5/h6-7H,8,18H2,1-5H3,(H,19,20). The second-order valence-corrected chi connectivity index (χ2v) is 5.79. The van der Waals surface area contributed by atoms with Crippen LogP contribution in [0, 0.1) is 0 Å². The number of amides is 1. The lowest BCUT2D eigenvalue weighted by Crippen LogP contribution is -2.28. The first-order chi connectivity index (χ1) is 10.5. The van der Waals surface area contributed by atoms with Crippen molar-refractivity contribution in [1.29, 1.82) is 0 Å². The van der Waals surface area contributed by atoms with Gasteiger partial charge in [-0.25, -0.2) is 4.79 Å². The van der Waals surface area contributed by atoms with Gasteiger partial charge in [-0.1, -0.05) is 0 Å². The van der Waals surface area contributed by atoms with Crippen LogP contribution in [0.25, 0.3) is 0 Å². The third-order valence-corrected chi connectivity index (χ3v) is 2.79. The molecule has 0 aliphatic heterocycles. The molecule has 0 aliphatic carbocycles. The van der Waals surface area contributed by atoms with E-state index in [1.165, 1.54) is 14.2 Å². The van der Waals surface area contributed by atoms with E-state index >= 15 is 0 Å². The molecule has 0 fully saturated rings. The fraction of sp³-hybridized carbons (Fsp3) is 0.533. The predicted octanol–water partition coefficient (Wildman–Crippen LogP) is 3.10. The lowest BCUT2D eigenvalue weighted by molar-refractivity contribution is 0.00572. The Balaban J connectivity index is 3.28. The Morgan fingerprint density at radius 1 is 1.22 bits per heavy atom. The summed E-state index contributed by atoms with van der Waals surface area (Å²) < 4.78 is 43.0. The molecule has 0 unspecified atom stereocenters. The number of carbonyl (C=O) groups excluding carboxylic acids is 1. The third-order valence-electron chi connectivity index (χ3n) is 2.79. The van der Waals surface area contributed by atoms with Crippen LogP contribution in [0.3, 0.4) is 0 Å². The second kappa shape index (κ2) is 6.99. The van der Waals surface area contributed by atoms with Gasteiger partial charge in [-0.3, -0.25) is 5.32 Å². The van der Waals surface area contributed by atoms with E-state index in [9.17, 15) is 13.6 Å². The molecule has 1 rings (SSSR count). The maximum atomic E-state index is 13.9. The SMILES string of the molecule is COc1cc(C(F)(F)CN)cc(NC(=O)OC(C)(C)C)c1OC. The van der Waals surface area contributed by atoms with E-state index in [1.807, 2.05) is 0 Å². The van der Waals surface area contributed by atoms with E-state index in [0.29, 0.717) is 0 Å². The molecule has 0 radical (unpaired) electrons. The van der Waals surface area contributed by atoms with Gasteiger partial charge >= 0.3 is 6.09 Å². The topological polar surface area (TPSA) is 82.8 Å². The highest BCUT2D eigenvalue weighted by Crippen LogP contribution is 2.41. The summed E-state index contributed by atoms with van der Waals surface area (Å²) in [5.41, 5.74) is 3.97. The number of nitrogens with two attached hydrogens (primary N) is 1. The zero-order chi connectivity index (χ0) is 17.8. The summed E-state index contributed by atoms with van der Waals surface area (Å²) >= 11 is 0. The minimum atomic E-state index is -3.27. The van der Waals surface area contributed by atoms with Crippen LogP contribution in [-0.4, -0.2) is 32.5 Å². The Morgan fingerprint density at radius 2 is 1.83 bits per heavy atom. The molecule has 1 aromatic rings. The highest BCUT2D eigenvalue weighted by atomic mass is 19.3. The maximum Gasteiger partial charge on any atom is 0.412 e. The van der Waals surface area contributed by atoms with Crippen molar-refractivity contribution in [2.45, 2.75) is 32.3 Å². The molecule has 3 N–H and O–H groups in total. The summed E-state index contributed by atoms with van der Waals surface area (Å²) in [4.78, 5) is 11.9. The Hall–Kier alpha value is -2.09. The van der Waals surface area contributed by atoms with Crippen molar-refractivity contribution in [2.75, 3.05) is 26.1 Å². The Bertz CT molecular complexity index is 571. The highest BCUT2D eigenvalue weighted by Gasteiger charge is 2.32. The predicted molar refractivity (Wildman–Crippen MR) is 82.4 cm³/mol. The summed E-state index contributed by atoms with van der Waals surface area (Å²) in [6.45, 7) is 4.17. The van der Waals surface area contributed by atoms with Crippen LogP contribution in [-0.2, 0) is 10.7 Å². The van der Waals surface area contributed by atoms with Crippen molar-refractivity contribution in [3.63, 3.8) is 0 Å². The van der Waals surface area contributed by atoms with Gasteiger partial charge < -0.3 is 19.9 Å². The van der Waals surface area contributed by atoms with Crippen molar-refractivity contribution in [1.82, 2.24) is 0 Å². The van der Waals surface area contributed by atoms with Gasteiger partial charge in [0.15, 0.2) is 11.5 Å². The molecular formula is C15H22F2N2O4. The zero-order valence-corrected chi connectivity index (χ0v) is 13.8. The summed E-state index contributed by atoms with van der Waals surface area (Å²) in [5, 5.41) is 2.39. The van der Waals surface area contributed by atoms with Gasteiger partial charge in [0.1, 0.15) is 5.60 Å². The largest absolute Gasteiger partial charge is 0.493 e. The molecule has 0 atom stereocenters. The van der Waals surface area contributed by atoms with E-state index in [-0.39, 0.29) is 17.2 Å². The van der Waals surface area contributed by atoms with Gasteiger partial charge in [-0.05, 0) is 32.9 Å². The quantitative estimate of drug-likeness (QED) is 0.866. The Kier molecular flexibility index (Phi) is 5.76. The third kappa shape index (κ3) is 4.95. The zero-order valence-electron chi connectivity index (χ0n) is 13.8. The van der Waals surface area contributed by atoms with Crippen molar-refractivity contribution < 1.29 is 27.8 Å².